The second kappa shape index (κ2) is 7.04. The number of urea groups is 1. The Morgan fingerprint density at radius 1 is 1.18 bits per heavy atom. The average molecular weight is 321 g/mol. The number of carbonyl (C=O) groups excluding carboxylic acids is 1. The summed E-state index contributed by atoms with van der Waals surface area (Å²) >= 11 is 6.16. The van der Waals surface area contributed by atoms with Gasteiger partial charge in [0, 0.05) is 18.3 Å². The van der Waals surface area contributed by atoms with Crippen molar-refractivity contribution >= 4 is 23.3 Å². The van der Waals surface area contributed by atoms with Gasteiger partial charge in [-0.25, -0.2) is 4.79 Å². The van der Waals surface area contributed by atoms with Gasteiger partial charge in [0.25, 0.3) is 0 Å². The lowest BCUT2D eigenvalue weighted by Crippen LogP contribution is -2.31. The zero-order valence-electron chi connectivity index (χ0n) is 12.4. The molecule has 6 heteroatoms. The number of anilines is 1. The molecule has 0 saturated heterocycles. The molecule has 0 radical (unpaired) electrons. The van der Waals surface area contributed by atoms with E-state index in [1.807, 2.05) is 12.1 Å². The van der Waals surface area contributed by atoms with Crippen molar-refractivity contribution in [1.82, 2.24) is 0 Å². The molecule has 0 saturated carbocycles. The number of ether oxygens (including phenoxy) is 2. The molecule has 5 nitrogen and oxygen atoms in total. The Bertz CT molecular complexity index is 659. The van der Waals surface area contributed by atoms with E-state index in [4.69, 9.17) is 26.8 Å². The molecule has 0 fully saturated rings. The number of methoxy groups -OCH3 is 1. The van der Waals surface area contributed by atoms with E-state index < -0.39 is 6.03 Å². The fourth-order valence-electron chi connectivity index (χ4n) is 1.83. The normalized spacial score (nSPS) is 10.1. The molecule has 0 aliphatic heterocycles. The second-order valence-corrected chi connectivity index (χ2v) is 5.04. The van der Waals surface area contributed by atoms with Crippen LogP contribution in [0, 0.1) is 0 Å². The first-order chi connectivity index (χ1) is 10.5. The number of benzene rings is 2. The van der Waals surface area contributed by atoms with Crippen LogP contribution in [0.1, 0.15) is 5.56 Å². The first-order valence-electron chi connectivity index (χ1n) is 6.59. The largest absolute Gasteiger partial charge is 0.497 e. The van der Waals surface area contributed by atoms with Crippen LogP contribution in [0.25, 0.3) is 0 Å². The van der Waals surface area contributed by atoms with Gasteiger partial charge in [-0.2, -0.15) is 0 Å². The molecule has 22 heavy (non-hydrogen) atoms. The lowest BCUT2D eigenvalue weighted by molar-refractivity contribution is 0.255. The van der Waals surface area contributed by atoms with Gasteiger partial charge in [0.1, 0.15) is 18.1 Å². The highest BCUT2D eigenvalue weighted by molar-refractivity contribution is 6.31. The summed E-state index contributed by atoms with van der Waals surface area (Å²) in [5.41, 5.74) is 6.77. The summed E-state index contributed by atoms with van der Waals surface area (Å²) in [6, 6.07) is 12.0. The number of nitrogens with zero attached hydrogens (tertiary/aromatic N) is 1. The van der Waals surface area contributed by atoms with Crippen LogP contribution in [0.4, 0.5) is 10.5 Å². The maximum atomic E-state index is 11.1. The van der Waals surface area contributed by atoms with E-state index in [-0.39, 0.29) is 0 Å². The first kappa shape index (κ1) is 16.0. The lowest BCUT2D eigenvalue weighted by atomic mass is 10.2. The molecule has 0 spiro atoms. The molecule has 0 aromatic heterocycles. The van der Waals surface area contributed by atoms with Gasteiger partial charge in [-0.1, -0.05) is 17.7 Å². The van der Waals surface area contributed by atoms with Gasteiger partial charge >= 0.3 is 6.03 Å². The van der Waals surface area contributed by atoms with E-state index in [1.165, 1.54) is 4.90 Å². The van der Waals surface area contributed by atoms with Gasteiger partial charge in [-0.05, 0) is 36.4 Å². The molecule has 2 aromatic carbocycles. The standard InChI is InChI=1S/C16H17ClN2O3/c1-19(16(18)20)12-4-7-13(8-5-12)22-10-11-3-6-14(21-2)9-15(11)17/h3-9H,10H2,1-2H3,(H2,18,20). The van der Waals surface area contributed by atoms with Crippen molar-refractivity contribution in [3.63, 3.8) is 0 Å². The Morgan fingerprint density at radius 2 is 1.82 bits per heavy atom. The fraction of sp³-hybridized carbons (Fsp3) is 0.188. The summed E-state index contributed by atoms with van der Waals surface area (Å²) < 4.78 is 10.8. The van der Waals surface area contributed by atoms with Gasteiger partial charge in [-0.3, -0.25) is 4.90 Å². The third-order valence-corrected chi connectivity index (χ3v) is 3.56. The summed E-state index contributed by atoms with van der Waals surface area (Å²) in [5.74, 6) is 1.38. The number of amides is 2. The fourth-order valence-corrected chi connectivity index (χ4v) is 2.05. The molecule has 0 aliphatic carbocycles. The molecular formula is C16H17ClN2O3. The van der Waals surface area contributed by atoms with E-state index in [9.17, 15) is 4.79 Å². The summed E-state index contributed by atoms with van der Waals surface area (Å²) in [7, 11) is 3.20. The van der Waals surface area contributed by atoms with Crippen LogP contribution in [0.3, 0.4) is 0 Å². The maximum Gasteiger partial charge on any atom is 0.318 e. The first-order valence-corrected chi connectivity index (χ1v) is 6.97. The summed E-state index contributed by atoms with van der Waals surface area (Å²) in [6.07, 6.45) is 0. The minimum absolute atomic E-state index is 0.341. The maximum absolute atomic E-state index is 11.1. The summed E-state index contributed by atoms with van der Waals surface area (Å²) in [4.78, 5) is 12.4. The van der Waals surface area contributed by atoms with Crippen LogP contribution in [0.5, 0.6) is 11.5 Å². The number of nitrogens with two attached hydrogens (primary N) is 1. The van der Waals surface area contributed by atoms with Gasteiger partial charge in [-0.15, -0.1) is 0 Å². The quantitative estimate of drug-likeness (QED) is 0.917. The van der Waals surface area contributed by atoms with E-state index in [0.29, 0.717) is 28.8 Å². The monoisotopic (exact) mass is 320 g/mol. The predicted molar refractivity (Wildman–Crippen MR) is 86.8 cm³/mol. The molecule has 2 amide bonds. The molecule has 0 heterocycles. The Hall–Kier alpha value is -2.40. The second-order valence-electron chi connectivity index (χ2n) is 4.64. The molecule has 2 N–H and O–H groups in total. The topological polar surface area (TPSA) is 64.8 Å². The zero-order chi connectivity index (χ0) is 16.1. The minimum atomic E-state index is -0.515. The number of hydrogen-bond acceptors (Lipinski definition) is 3. The van der Waals surface area contributed by atoms with Crippen molar-refractivity contribution in [3.05, 3.63) is 53.1 Å². The molecule has 2 rings (SSSR count). The number of primary amides is 1. The number of rotatable bonds is 5. The van der Waals surface area contributed by atoms with Crippen molar-refractivity contribution in [3.8, 4) is 11.5 Å². The Morgan fingerprint density at radius 3 is 2.36 bits per heavy atom. The molecule has 0 aliphatic rings. The Kier molecular flexibility index (Phi) is 5.12. The van der Waals surface area contributed by atoms with Crippen molar-refractivity contribution in [1.29, 1.82) is 0 Å². The van der Waals surface area contributed by atoms with Gasteiger partial charge in [0.05, 0.1) is 12.1 Å². The molecule has 0 atom stereocenters. The SMILES string of the molecule is COc1ccc(COc2ccc(N(C)C(N)=O)cc2)c(Cl)c1. The molecule has 0 unspecified atom stereocenters. The van der Waals surface area contributed by atoms with Crippen LogP contribution in [0.15, 0.2) is 42.5 Å². The zero-order valence-corrected chi connectivity index (χ0v) is 13.1. The molecule has 116 valence electrons. The summed E-state index contributed by atoms with van der Waals surface area (Å²) in [6.45, 7) is 0.341. The lowest BCUT2D eigenvalue weighted by Gasteiger charge is -2.15. The van der Waals surface area contributed by atoms with E-state index in [2.05, 4.69) is 0 Å². The van der Waals surface area contributed by atoms with E-state index >= 15 is 0 Å². The van der Waals surface area contributed by atoms with E-state index in [0.717, 1.165) is 5.56 Å². The van der Waals surface area contributed by atoms with Crippen molar-refractivity contribution < 1.29 is 14.3 Å². The van der Waals surface area contributed by atoms with Crippen LogP contribution < -0.4 is 20.1 Å². The smallest absolute Gasteiger partial charge is 0.318 e. The van der Waals surface area contributed by atoms with Crippen molar-refractivity contribution in [2.75, 3.05) is 19.1 Å². The highest BCUT2D eigenvalue weighted by atomic mass is 35.5. The Balaban J connectivity index is 2.01. The highest BCUT2D eigenvalue weighted by Gasteiger charge is 2.07. The third-order valence-electron chi connectivity index (χ3n) is 3.21. The third kappa shape index (κ3) is 3.83. The van der Waals surface area contributed by atoms with Crippen LogP contribution >= 0.6 is 11.6 Å². The van der Waals surface area contributed by atoms with E-state index in [1.54, 1.807) is 44.5 Å². The van der Waals surface area contributed by atoms with Crippen LogP contribution in [-0.4, -0.2) is 20.2 Å². The number of hydrogen-bond donors (Lipinski definition) is 1. The molecule has 0 bridgehead atoms. The number of carbonyl (C=O) groups is 1. The van der Waals surface area contributed by atoms with Gasteiger partial charge < -0.3 is 15.2 Å². The number of halogens is 1. The van der Waals surface area contributed by atoms with Crippen molar-refractivity contribution in [2.24, 2.45) is 5.73 Å². The van der Waals surface area contributed by atoms with Gasteiger partial charge in [0.2, 0.25) is 0 Å². The average Bonchev–Trinajstić information content (AvgIpc) is 2.53. The Labute approximate surface area is 134 Å². The van der Waals surface area contributed by atoms with Crippen LogP contribution in [-0.2, 0) is 6.61 Å². The van der Waals surface area contributed by atoms with Crippen LogP contribution in [0.2, 0.25) is 5.02 Å². The predicted octanol–water partition coefficient (Wildman–Crippen LogP) is 3.44. The molecular weight excluding hydrogens is 304 g/mol. The molecule has 2 aromatic rings. The minimum Gasteiger partial charge on any atom is -0.497 e. The highest BCUT2D eigenvalue weighted by Crippen LogP contribution is 2.24. The van der Waals surface area contributed by atoms with Gasteiger partial charge in [0.15, 0.2) is 0 Å². The summed E-state index contributed by atoms with van der Waals surface area (Å²) in [5, 5.41) is 0.587. The van der Waals surface area contributed by atoms with Crippen molar-refractivity contribution in [2.45, 2.75) is 6.61 Å².